The van der Waals surface area contributed by atoms with Crippen LogP contribution in [0.2, 0.25) is 0 Å². The number of hydrogen-bond acceptors (Lipinski definition) is 3. The van der Waals surface area contributed by atoms with E-state index in [0.717, 1.165) is 12.8 Å². The molecule has 1 atom stereocenters. The molecule has 1 unspecified atom stereocenters. The molecular formula is C23H52NNaO4. The fourth-order valence-electron chi connectivity index (χ4n) is 3.05. The van der Waals surface area contributed by atoms with Gasteiger partial charge in [0.05, 0.1) is 6.10 Å². The maximum atomic E-state index is 9.37. The third-order valence-electron chi connectivity index (χ3n) is 4.97. The van der Waals surface area contributed by atoms with Crippen LogP contribution in [0.4, 0.5) is 0 Å². The van der Waals surface area contributed by atoms with E-state index >= 15 is 0 Å². The average Bonchev–Trinajstić information content (AvgIpc) is 2.67. The third kappa shape index (κ3) is 39.4. The number of carboxylic acid groups (broad SMARTS) is 1. The van der Waals surface area contributed by atoms with Gasteiger partial charge in [-0.15, -0.1) is 0 Å². The number of carbonyl (C=O) groups is 1. The molecule has 174 valence electrons. The largest absolute Gasteiger partial charge is 1.00 e. The molecule has 0 aromatic rings. The van der Waals surface area contributed by atoms with Crippen molar-refractivity contribution in [2.24, 2.45) is 5.73 Å². The molecule has 0 bridgehead atoms. The molecular weight excluding hydrogens is 377 g/mol. The Morgan fingerprint density at radius 1 is 0.759 bits per heavy atom. The van der Waals surface area contributed by atoms with E-state index in [9.17, 15) is 9.90 Å². The summed E-state index contributed by atoms with van der Waals surface area (Å²) >= 11 is 0. The van der Waals surface area contributed by atoms with E-state index in [4.69, 9.17) is 10.8 Å². The number of aliphatic carboxylic acids is 1. The van der Waals surface area contributed by atoms with E-state index in [0.29, 0.717) is 6.54 Å². The number of nitrogens with two attached hydrogens (primary N) is 1. The van der Waals surface area contributed by atoms with Crippen molar-refractivity contribution in [3.8, 4) is 0 Å². The van der Waals surface area contributed by atoms with Gasteiger partial charge in [-0.3, -0.25) is 4.79 Å². The Bertz CT molecular complexity index is 300. The summed E-state index contributed by atoms with van der Waals surface area (Å²) in [4.78, 5) is 9.37. The van der Waals surface area contributed by atoms with E-state index in [2.05, 4.69) is 6.92 Å². The number of aliphatic hydroxyl groups is 1. The minimum Gasteiger partial charge on any atom is -1.00 e. The first-order valence-corrected chi connectivity index (χ1v) is 11.7. The predicted octanol–water partition coefficient (Wildman–Crippen LogP) is 2.73. The van der Waals surface area contributed by atoms with Crippen LogP contribution in [0.1, 0.15) is 131 Å². The first-order chi connectivity index (χ1) is 13.1. The van der Waals surface area contributed by atoms with Gasteiger partial charge in [-0.1, -0.05) is 117 Å². The Morgan fingerprint density at radius 2 is 1.03 bits per heavy atom. The first-order valence-electron chi connectivity index (χ1n) is 11.7. The quantitative estimate of drug-likeness (QED) is 0.216. The summed E-state index contributed by atoms with van der Waals surface area (Å²) in [5, 5.41) is 17.1. The van der Waals surface area contributed by atoms with Gasteiger partial charge in [-0.05, 0) is 6.42 Å². The van der Waals surface area contributed by atoms with E-state index < -0.39 is 5.97 Å². The Labute approximate surface area is 204 Å². The van der Waals surface area contributed by atoms with Gasteiger partial charge in [0.1, 0.15) is 0 Å². The minimum atomic E-state index is -0.745. The predicted molar refractivity (Wildman–Crippen MR) is 122 cm³/mol. The Balaban J connectivity index is -0.000000232. The second-order valence-corrected chi connectivity index (χ2v) is 7.73. The van der Waals surface area contributed by atoms with Crippen molar-refractivity contribution in [1.29, 1.82) is 0 Å². The molecule has 5 nitrogen and oxygen atoms in total. The van der Waals surface area contributed by atoms with Gasteiger partial charge in [-0.25, -0.2) is 0 Å². The summed E-state index contributed by atoms with van der Waals surface area (Å²) in [6.07, 6.45) is 23.1. The van der Waals surface area contributed by atoms with E-state index in [1.807, 2.05) is 0 Å². The van der Waals surface area contributed by atoms with Crippen molar-refractivity contribution in [2.75, 3.05) is 6.54 Å². The fourth-order valence-corrected chi connectivity index (χ4v) is 3.05. The molecule has 0 aliphatic rings. The molecule has 0 aliphatic heterocycles. The topological polar surface area (TPSA) is 115 Å². The molecule has 0 spiro atoms. The second-order valence-electron chi connectivity index (χ2n) is 7.73. The maximum absolute atomic E-state index is 9.37. The van der Waals surface area contributed by atoms with Crippen molar-refractivity contribution in [3.05, 3.63) is 0 Å². The molecule has 0 saturated heterocycles. The van der Waals surface area contributed by atoms with Gasteiger partial charge < -0.3 is 22.8 Å². The number of aliphatic hydroxyl groups excluding tert-OH is 1. The monoisotopic (exact) mass is 429 g/mol. The SMILES string of the molecule is CCC(=O)O.CCCCCCCCCCCCCCCCCCC(O)CN.O.[H-].[Na+]. The Hall–Kier alpha value is 0.350. The standard InChI is InChI=1S/C20H43NO.C3H6O2.Na.H2O.H/c1-2-3-4-5-6-7-8-9-10-11-12-13-14-15-16-17-18-20(22)19-21;1-2-3(4)5;;;/h20,22H,2-19,21H2,1H3;2H2,1H3,(H,4,5);;1H2;/q;;+1;;-1. The molecule has 0 fully saturated rings. The zero-order valence-corrected chi connectivity index (χ0v) is 21.9. The normalized spacial score (nSPS) is 10.9. The van der Waals surface area contributed by atoms with Crippen molar-refractivity contribution in [1.82, 2.24) is 0 Å². The molecule has 6 heteroatoms. The maximum Gasteiger partial charge on any atom is 1.00 e. The molecule has 6 N–H and O–H groups in total. The van der Waals surface area contributed by atoms with Gasteiger partial charge in [0.15, 0.2) is 0 Å². The molecule has 0 aromatic carbocycles. The minimum absolute atomic E-state index is 0. The molecule has 0 heterocycles. The third-order valence-corrected chi connectivity index (χ3v) is 4.97. The number of unbranched alkanes of at least 4 members (excludes halogenated alkanes) is 15. The van der Waals surface area contributed by atoms with Gasteiger partial charge in [0, 0.05) is 13.0 Å². The first kappa shape index (κ1) is 36.7. The average molecular weight is 430 g/mol. The molecule has 0 amide bonds. The molecule has 0 radical (unpaired) electrons. The summed E-state index contributed by atoms with van der Waals surface area (Å²) < 4.78 is 0. The van der Waals surface area contributed by atoms with Crippen LogP contribution in [-0.2, 0) is 4.79 Å². The van der Waals surface area contributed by atoms with Gasteiger partial charge in [0.25, 0.3) is 0 Å². The van der Waals surface area contributed by atoms with Gasteiger partial charge in [-0.2, -0.15) is 0 Å². The fraction of sp³-hybridized carbons (Fsp3) is 0.957. The Morgan fingerprint density at radius 3 is 1.28 bits per heavy atom. The molecule has 0 saturated carbocycles. The summed E-state index contributed by atoms with van der Waals surface area (Å²) in [6.45, 7) is 4.30. The second kappa shape index (κ2) is 33.0. The molecule has 29 heavy (non-hydrogen) atoms. The number of carboxylic acids is 1. The van der Waals surface area contributed by atoms with Crippen LogP contribution in [0.5, 0.6) is 0 Å². The molecule has 0 aromatic heterocycles. The number of hydrogen-bond donors (Lipinski definition) is 3. The van der Waals surface area contributed by atoms with Crippen LogP contribution in [-0.4, -0.2) is 34.3 Å². The van der Waals surface area contributed by atoms with Gasteiger partial charge >= 0.3 is 35.5 Å². The van der Waals surface area contributed by atoms with Crippen LogP contribution >= 0.6 is 0 Å². The molecule has 0 aliphatic carbocycles. The zero-order chi connectivity index (χ0) is 20.6. The van der Waals surface area contributed by atoms with Crippen molar-refractivity contribution in [2.45, 2.75) is 136 Å². The van der Waals surface area contributed by atoms with Crippen LogP contribution < -0.4 is 35.3 Å². The van der Waals surface area contributed by atoms with Crippen molar-refractivity contribution in [3.63, 3.8) is 0 Å². The van der Waals surface area contributed by atoms with Gasteiger partial charge in [0.2, 0.25) is 0 Å². The summed E-state index contributed by atoms with van der Waals surface area (Å²) in [7, 11) is 0. The van der Waals surface area contributed by atoms with Crippen LogP contribution in [0, 0.1) is 0 Å². The zero-order valence-electron chi connectivity index (χ0n) is 20.9. The van der Waals surface area contributed by atoms with E-state index in [-0.39, 0.29) is 49.0 Å². The van der Waals surface area contributed by atoms with E-state index in [1.54, 1.807) is 6.92 Å². The van der Waals surface area contributed by atoms with Crippen LogP contribution in [0.15, 0.2) is 0 Å². The summed E-state index contributed by atoms with van der Waals surface area (Å²) in [5.41, 5.74) is 5.39. The smallest absolute Gasteiger partial charge is 1.00 e. The summed E-state index contributed by atoms with van der Waals surface area (Å²) in [5.74, 6) is -0.745. The Kier molecular flexibility index (Phi) is 41.8. The number of rotatable bonds is 19. The van der Waals surface area contributed by atoms with Crippen LogP contribution in [0.3, 0.4) is 0 Å². The summed E-state index contributed by atoms with van der Waals surface area (Å²) in [6, 6.07) is 0. The van der Waals surface area contributed by atoms with Crippen molar-refractivity contribution >= 4 is 5.97 Å². The van der Waals surface area contributed by atoms with Crippen molar-refractivity contribution < 1.29 is 51.5 Å². The van der Waals surface area contributed by atoms with Crippen LogP contribution in [0.25, 0.3) is 0 Å². The molecule has 0 rings (SSSR count). The van der Waals surface area contributed by atoms with E-state index in [1.165, 1.54) is 96.3 Å².